The molecule has 0 atom stereocenters. The van der Waals surface area contributed by atoms with Crippen LogP contribution >= 0.6 is 15.9 Å². The van der Waals surface area contributed by atoms with E-state index in [0.717, 1.165) is 15.6 Å². The third-order valence-corrected chi connectivity index (χ3v) is 3.61. The van der Waals surface area contributed by atoms with Gasteiger partial charge in [-0.1, -0.05) is 36.9 Å². The van der Waals surface area contributed by atoms with Gasteiger partial charge in [0.1, 0.15) is 5.60 Å². The maximum Gasteiger partial charge on any atom is 0.306 e. The topological polar surface area (TPSA) is 38.7 Å². The predicted molar refractivity (Wildman–Crippen MR) is 101 cm³/mol. The summed E-state index contributed by atoms with van der Waals surface area (Å²) in [7, 11) is 0. The van der Waals surface area contributed by atoms with E-state index in [0.29, 0.717) is 18.5 Å². The number of hydrogen-bond acceptors (Lipinski definition) is 3. The van der Waals surface area contributed by atoms with Crippen molar-refractivity contribution in [2.24, 2.45) is 4.99 Å². The van der Waals surface area contributed by atoms with Gasteiger partial charge in [-0.25, -0.2) is 0 Å². The minimum atomic E-state index is -0.433. The van der Waals surface area contributed by atoms with Gasteiger partial charge in [-0.3, -0.25) is 9.79 Å². The molecule has 0 aliphatic rings. The van der Waals surface area contributed by atoms with Gasteiger partial charge < -0.3 is 4.74 Å². The van der Waals surface area contributed by atoms with Crippen molar-refractivity contribution in [1.82, 2.24) is 0 Å². The molecule has 0 aromatic heterocycles. The Labute approximate surface area is 147 Å². The van der Waals surface area contributed by atoms with E-state index in [9.17, 15) is 4.79 Å². The molecule has 0 aliphatic carbocycles. The first-order valence-corrected chi connectivity index (χ1v) is 8.36. The van der Waals surface area contributed by atoms with Gasteiger partial charge in [0.2, 0.25) is 0 Å². The normalized spacial score (nSPS) is 12.5. The molecule has 3 nitrogen and oxygen atoms in total. The first-order chi connectivity index (χ1) is 10.7. The summed E-state index contributed by atoms with van der Waals surface area (Å²) in [6.07, 6.45) is 4.67. The largest absolute Gasteiger partial charge is 0.460 e. The summed E-state index contributed by atoms with van der Waals surface area (Å²) in [5.74, 6) is -0.174. The zero-order valence-corrected chi connectivity index (χ0v) is 15.8. The lowest BCUT2D eigenvalue weighted by Crippen LogP contribution is -2.23. The van der Waals surface area contributed by atoms with Crippen LogP contribution in [-0.4, -0.2) is 17.8 Å². The van der Waals surface area contributed by atoms with Gasteiger partial charge >= 0.3 is 5.97 Å². The van der Waals surface area contributed by atoms with E-state index in [1.807, 2.05) is 58.0 Å². The van der Waals surface area contributed by atoms with Crippen LogP contribution < -0.4 is 0 Å². The molecule has 0 N–H and O–H groups in total. The van der Waals surface area contributed by atoms with Crippen LogP contribution in [-0.2, 0) is 16.0 Å². The maximum absolute atomic E-state index is 11.7. The van der Waals surface area contributed by atoms with Crippen LogP contribution in [0.3, 0.4) is 0 Å². The van der Waals surface area contributed by atoms with Crippen LogP contribution in [0.4, 0.5) is 0 Å². The van der Waals surface area contributed by atoms with E-state index >= 15 is 0 Å². The fourth-order valence-corrected chi connectivity index (χ4v) is 1.89. The Balaban J connectivity index is 2.58. The minimum Gasteiger partial charge on any atom is -0.460 e. The molecule has 0 aliphatic heterocycles. The standard InChI is InChI=1S/C19H24BrNO2/c1-6-17(20)13-21-14(2)16-10-7-15(8-11-16)9-12-18(22)23-19(3,4)5/h6-8,10-11,13H,2,9,12H2,1,3-5H3/b17-6+,21-13?. The molecule has 0 heterocycles. The number of halogens is 1. The van der Waals surface area contributed by atoms with Crippen molar-refractivity contribution >= 4 is 33.8 Å². The zero-order chi connectivity index (χ0) is 17.5. The smallest absolute Gasteiger partial charge is 0.306 e. The molecule has 0 radical (unpaired) electrons. The summed E-state index contributed by atoms with van der Waals surface area (Å²) >= 11 is 3.37. The summed E-state index contributed by atoms with van der Waals surface area (Å²) in [6, 6.07) is 7.91. The lowest BCUT2D eigenvalue weighted by Gasteiger charge is -2.19. The Morgan fingerprint density at radius 2 is 1.91 bits per heavy atom. The SMILES string of the molecule is C=C(N=C/C(Br)=C\C)c1ccc(CCC(=O)OC(C)(C)C)cc1. The summed E-state index contributed by atoms with van der Waals surface area (Å²) in [5, 5.41) is 0. The van der Waals surface area contributed by atoms with Gasteiger partial charge in [0.15, 0.2) is 0 Å². The number of aryl methyl sites for hydroxylation is 1. The second kappa shape index (κ2) is 8.82. The van der Waals surface area contributed by atoms with Crippen molar-refractivity contribution in [3.05, 3.63) is 52.5 Å². The number of carbonyl (C=O) groups is 1. The fraction of sp³-hybridized carbons (Fsp3) is 0.368. The van der Waals surface area contributed by atoms with Crippen LogP contribution in [0.2, 0.25) is 0 Å². The second-order valence-corrected chi connectivity index (χ2v) is 7.08. The van der Waals surface area contributed by atoms with E-state index in [1.54, 1.807) is 6.21 Å². The van der Waals surface area contributed by atoms with Gasteiger partial charge in [-0.05, 0) is 61.2 Å². The molecular formula is C19H24BrNO2. The number of benzene rings is 1. The average Bonchev–Trinajstić information content (AvgIpc) is 2.49. The van der Waals surface area contributed by atoms with Crippen molar-refractivity contribution in [1.29, 1.82) is 0 Å². The van der Waals surface area contributed by atoms with Crippen LogP contribution in [0.15, 0.2) is 46.4 Å². The molecule has 0 spiro atoms. The molecule has 1 aromatic carbocycles. The number of aliphatic imine (C=N–C) groups is 1. The lowest BCUT2D eigenvalue weighted by molar-refractivity contribution is -0.154. The lowest BCUT2D eigenvalue weighted by atomic mass is 10.1. The number of rotatable bonds is 6. The Morgan fingerprint density at radius 3 is 2.43 bits per heavy atom. The van der Waals surface area contributed by atoms with Gasteiger partial charge in [0, 0.05) is 17.1 Å². The molecule has 0 amide bonds. The van der Waals surface area contributed by atoms with Crippen molar-refractivity contribution in [2.75, 3.05) is 0 Å². The van der Waals surface area contributed by atoms with Gasteiger partial charge in [-0.2, -0.15) is 0 Å². The molecule has 1 aromatic rings. The number of esters is 1. The average molecular weight is 378 g/mol. The van der Waals surface area contributed by atoms with E-state index in [1.165, 1.54) is 0 Å². The third kappa shape index (κ3) is 7.93. The highest BCUT2D eigenvalue weighted by atomic mass is 79.9. The van der Waals surface area contributed by atoms with Crippen LogP contribution in [0.1, 0.15) is 45.2 Å². The zero-order valence-electron chi connectivity index (χ0n) is 14.2. The first kappa shape index (κ1) is 19.4. The van der Waals surface area contributed by atoms with E-state index in [2.05, 4.69) is 27.5 Å². The molecule has 0 saturated heterocycles. The van der Waals surface area contributed by atoms with E-state index in [-0.39, 0.29) is 5.97 Å². The summed E-state index contributed by atoms with van der Waals surface area (Å²) in [4.78, 5) is 16.0. The summed E-state index contributed by atoms with van der Waals surface area (Å²) < 4.78 is 6.21. The third-order valence-electron chi connectivity index (χ3n) is 2.94. The molecule has 1 rings (SSSR count). The van der Waals surface area contributed by atoms with E-state index in [4.69, 9.17) is 4.74 Å². The Bertz CT molecular complexity index is 607. The number of nitrogens with zero attached hydrogens (tertiary/aromatic N) is 1. The molecule has 124 valence electrons. The van der Waals surface area contributed by atoms with Crippen molar-refractivity contribution in [2.45, 2.75) is 46.1 Å². The molecule has 0 bridgehead atoms. The molecule has 4 heteroatoms. The number of hydrogen-bond donors (Lipinski definition) is 0. The minimum absolute atomic E-state index is 0.174. The van der Waals surface area contributed by atoms with E-state index < -0.39 is 5.60 Å². The number of allylic oxidation sites excluding steroid dienone is 2. The first-order valence-electron chi connectivity index (χ1n) is 7.57. The number of carbonyl (C=O) groups excluding carboxylic acids is 1. The highest BCUT2D eigenvalue weighted by Gasteiger charge is 2.15. The summed E-state index contributed by atoms with van der Waals surface area (Å²) in [6.45, 7) is 11.5. The van der Waals surface area contributed by atoms with Gasteiger partial charge in [0.05, 0.1) is 5.70 Å². The molecular weight excluding hydrogens is 354 g/mol. The van der Waals surface area contributed by atoms with Crippen molar-refractivity contribution in [3.8, 4) is 0 Å². The highest BCUT2D eigenvalue weighted by molar-refractivity contribution is 9.12. The highest BCUT2D eigenvalue weighted by Crippen LogP contribution is 2.17. The monoisotopic (exact) mass is 377 g/mol. The van der Waals surface area contributed by atoms with Crippen LogP contribution in [0.5, 0.6) is 0 Å². The molecule has 0 unspecified atom stereocenters. The predicted octanol–water partition coefficient (Wildman–Crippen LogP) is 5.30. The van der Waals surface area contributed by atoms with Crippen molar-refractivity contribution < 1.29 is 9.53 Å². The quantitative estimate of drug-likeness (QED) is 0.498. The number of ether oxygens (including phenoxy) is 1. The molecule has 23 heavy (non-hydrogen) atoms. The summed E-state index contributed by atoms with van der Waals surface area (Å²) in [5.41, 5.74) is 2.31. The van der Waals surface area contributed by atoms with Crippen molar-refractivity contribution in [3.63, 3.8) is 0 Å². The Kier molecular flexibility index (Phi) is 7.43. The van der Waals surface area contributed by atoms with Crippen LogP contribution in [0, 0.1) is 0 Å². The second-order valence-electron chi connectivity index (χ2n) is 6.16. The maximum atomic E-state index is 11.7. The Hall–Kier alpha value is -1.68. The molecule has 0 saturated carbocycles. The van der Waals surface area contributed by atoms with Gasteiger partial charge in [-0.15, -0.1) is 0 Å². The molecule has 0 fully saturated rings. The van der Waals surface area contributed by atoms with Gasteiger partial charge in [0.25, 0.3) is 0 Å². The van der Waals surface area contributed by atoms with Crippen LogP contribution in [0.25, 0.3) is 5.70 Å². The fourth-order valence-electron chi connectivity index (χ4n) is 1.79. The Morgan fingerprint density at radius 1 is 1.30 bits per heavy atom.